The normalized spacial score (nSPS) is 22.8. The first-order valence-electron chi connectivity index (χ1n) is 3.41. The van der Waals surface area contributed by atoms with Crippen LogP contribution in [0.5, 0.6) is 0 Å². The van der Waals surface area contributed by atoms with Crippen molar-refractivity contribution in [1.82, 2.24) is 0 Å². The first kappa shape index (κ1) is 5.80. The summed E-state index contributed by atoms with van der Waals surface area (Å²) in [5.41, 5.74) is 0. The highest BCUT2D eigenvalue weighted by Crippen LogP contribution is 2.12. The quantitative estimate of drug-likeness (QED) is 0.439. The molecule has 1 nitrogen and oxygen atoms in total. The average molecular weight is 113 g/mol. The fourth-order valence-corrected chi connectivity index (χ4v) is 1.12. The van der Waals surface area contributed by atoms with E-state index in [0.29, 0.717) is 5.78 Å². The van der Waals surface area contributed by atoms with Gasteiger partial charge in [-0.3, -0.25) is 4.79 Å². The second kappa shape index (κ2) is 2.85. The predicted molar refractivity (Wildman–Crippen MR) is 33.8 cm³/mol. The Bertz CT molecular complexity index is 80.9. The molecule has 1 fully saturated rings. The molecule has 8 heavy (non-hydrogen) atoms. The molecule has 0 spiro atoms. The van der Waals surface area contributed by atoms with Crippen LogP contribution in [0.3, 0.4) is 0 Å². The zero-order valence-corrected chi connectivity index (χ0v) is 5.15. The van der Waals surface area contributed by atoms with E-state index in [2.05, 4.69) is 0 Å². The highest BCUT2D eigenvalue weighted by Gasteiger charge is 2.04. The van der Waals surface area contributed by atoms with E-state index in [1.165, 1.54) is 12.8 Å². The van der Waals surface area contributed by atoms with Crippen LogP contribution in [0.15, 0.2) is 0 Å². The molecule has 46 valence electrons. The lowest BCUT2D eigenvalue weighted by atomic mass is 10.2. The molecular weight excluding hydrogens is 100 g/mol. The molecule has 0 N–H and O–H groups in total. The van der Waals surface area contributed by atoms with Crippen molar-refractivity contribution >= 4 is 5.78 Å². The molecule has 0 aromatic carbocycles. The van der Waals surface area contributed by atoms with Gasteiger partial charge in [0.05, 0.1) is 0 Å². The Kier molecular flexibility index (Phi) is 2.07. The van der Waals surface area contributed by atoms with Gasteiger partial charge in [0.1, 0.15) is 5.78 Å². The molecule has 1 aliphatic carbocycles. The van der Waals surface area contributed by atoms with Crippen molar-refractivity contribution in [2.75, 3.05) is 0 Å². The molecule has 0 radical (unpaired) electrons. The van der Waals surface area contributed by atoms with Crippen LogP contribution in [0, 0.1) is 0 Å². The van der Waals surface area contributed by atoms with Crippen LogP contribution in [0.2, 0.25) is 0 Å². The number of rotatable bonds is 0. The van der Waals surface area contributed by atoms with Crippen LogP contribution in [-0.2, 0) is 4.79 Å². The molecule has 0 saturated heterocycles. The number of Topliss-reactive ketones (excluding diaryl/α,β-unsaturated/α-hetero) is 1. The highest BCUT2D eigenvalue weighted by molar-refractivity contribution is 5.78. The molecule has 0 unspecified atom stereocenters. The minimum atomic E-state index is 0. The average Bonchev–Trinajstić information content (AvgIpc) is 1.94. The molecule has 1 heteroatoms. The van der Waals surface area contributed by atoms with E-state index in [1.54, 1.807) is 0 Å². The molecule has 0 heterocycles. The fourth-order valence-electron chi connectivity index (χ4n) is 1.12. The number of carbonyl (C=O) groups is 1. The first-order chi connectivity index (χ1) is 3.89. The number of hydrogen-bond donors (Lipinski definition) is 0. The summed E-state index contributed by atoms with van der Waals surface area (Å²) < 4.78 is 0. The number of ketones is 1. The summed E-state index contributed by atoms with van der Waals surface area (Å²) in [5, 5.41) is 0. The molecule has 0 aliphatic heterocycles. The van der Waals surface area contributed by atoms with Crippen molar-refractivity contribution in [3.8, 4) is 0 Å². The molecule has 0 aromatic heterocycles. The topological polar surface area (TPSA) is 17.1 Å². The smallest absolute Gasteiger partial charge is 0.300 e. The van der Waals surface area contributed by atoms with Crippen molar-refractivity contribution in [3.63, 3.8) is 0 Å². The van der Waals surface area contributed by atoms with Gasteiger partial charge in [0.25, 0.3) is 0 Å². The standard InChI is InChI=1S/C7H12O/c8-7-5-3-1-2-4-6-7/h1-6H2/p+1. The van der Waals surface area contributed by atoms with Gasteiger partial charge >= 0.3 is 1.43 Å². The van der Waals surface area contributed by atoms with Crippen LogP contribution >= 0.6 is 0 Å². The maximum atomic E-state index is 10.7. The predicted octanol–water partition coefficient (Wildman–Crippen LogP) is 2.02. The summed E-state index contributed by atoms with van der Waals surface area (Å²) in [6.45, 7) is 0. The SMILES string of the molecule is O=C1CCCCCC1.[H+]. The molecule has 1 aliphatic rings. The molecule has 0 atom stereocenters. The number of carbonyl (C=O) groups excluding carboxylic acids is 1. The summed E-state index contributed by atoms with van der Waals surface area (Å²) in [7, 11) is 0. The van der Waals surface area contributed by atoms with Gasteiger partial charge in [0.15, 0.2) is 0 Å². The first-order valence-corrected chi connectivity index (χ1v) is 3.41. The number of hydrogen-bond acceptors (Lipinski definition) is 1. The van der Waals surface area contributed by atoms with E-state index in [1.807, 2.05) is 0 Å². The van der Waals surface area contributed by atoms with Gasteiger partial charge in [-0.25, -0.2) is 0 Å². The Morgan fingerprint density at radius 3 is 2.00 bits per heavy atom. The lowest BCUT2D eigenvalue weighted by molar-refractivity contribution is -0.118. The van der Waals surface area contributed by atoms with Gasteiger partial charge in [-0.05, 0) is 12.8 Å². The summed E-state index contributed by atoms with van der Waals surface area (Å²) in [5.74, 6) is 0.475. The Balaban J connectivity index is 0.000000640. The maximum absolute atomic E-state index is 10.7. The van der Waals surface area contributed by atoms with Gasteiger partial charge in [0.2, 0.25) is 0 Å². The van der Waals surface area contributed by atoms with Crippen molar-refractivity contribution in [2.24, 2.45) is 0 Å². The molecule has 0 amide bonds. The summed E-state index contributed by atoms with van der Waals surface area (Å²) in [6.07, 6.45) is 6.51. The van der Waals surface area contributed by atoms with Gasteiger partial charge in [-0.1, -0.05) is 12.8 Å². The van der Waals surface area contributed by atoms with Crippen molar-refractivity contribution < 1.29 is 6.22 Å². The van der Waals surface area contributed by atoms with Crippen molar-refractivity contribution in [1.29, 1.82) is 0 Å². The second-order valence-electron chi connectivity index (χ2n) is 2.45. The largest absolute Gasteiger partial charge is 1.00 e. The van der Waals surface area contributed by atoms with Gasteiger partial charge in [-0.2, -0.15) is 0 Å². The fraction of sp³-hybridized carbons (Fsp3) is 0.857. The Morgan fingerprint density at radius 1 is 1.00 bits per heavy atom. The van der Waals surface area contributed by atoms with Crippen LogP contribution in [0.4, 0.5) is 0 Å². The zero-order valence-electron chi connectivity index (χ0n) is 6.15. The third-order valence-electron chi connectivity index (χ3n) is 1.66. The molecule has 0 bridgehead atoms. The zero-order chi connectivity index (χ0) is 5.82. The van der Waals surface area contributed by atoms with Crippen molar-refractivity contribution in [2.45, 2.75) is 38.5 Å². The monoisotopic (exact) mass is 113 g/mol. The summed E-state index contributed by atoms with van der Waals surface area (Å²) in [4.78, 5) is 10.7. The summed E-state index contributed by atoms with van der Waals surface area (Å²) in [6, 6.07) is 0. The van der Waals surface area contributed by atoms with E-state index in [4.69, 9.17) is 0 Å². The lowest BCUT2D eigenvalue weighted by Gasteiger charge is -1.87. The summed E-state index contributed by atoms with van der Waals surface area (Å²) >= 11 is 0. The third-order valence-corrected chi connectivity index (χ3v) is 1.66. The Morgan fingerprint density at radius 2 is 1.50 bits per heavy atom. The van der Waals surface area contributed by atoms with E-state index in [9.17, 15) is 4.79 Å². The minimum Gasteiger partial charge on any atom is -0.300 e. The second-order valence-corrected chi connectivity index (χ2v) is 2.45. The molecule has 0 aromatic rings. The van der Waals surface area contributed by atoms with Crippen LogP contribution in [0.1, 0.15) is 40.0 Å². The Hall–Kier alpha value is -0.330. The minimum absolute atomic E-state index is 0. The molecular formula is C7H13O+. The van der Waals surface area contributed by atoms with E-state index < -0.39 is 0 Å². The van der Waals surface area contributed by atoms with Crippen LogP contribution in [-0.4, -0.2) is 5.78 Å². The Labute approximate surface area is 51.6 Å². The molecule has 1 saturated carbocycles. The van der Waals surface area contributed by atoms with E-state index in [0.717, 1.165) is 25.7 Å². The van der Waals surface area contributed by atoms with Crippen molar-refractivity contribution in [3.05, 3.63) is 0 Å². The van der Waals surface area contributed by atoms with Crippen LogP contribution in [0.25, 0.3) is 0 Å². The lowest BCUT2D eigenvalue weighted by Crippen LogP contribution is -1.91. The van der Waals surface area contributed by atoms with Gasteiger partial charge < -0.3 is 0 Å². The van der Waals surface area contributed by atoms with Crippen LogP contribution < -0.4 is 0 Å². The van der Waals surface area contributed by atoms with E-state index >= 15 is 0 Å². The maximum Gasteiger partial charge on any atom is 1.00 e. The van der Waals surface area contributed by atoms with E-state index in [-0.39, 0.29) is 1.43 Å². The third kappa shape index (κ3) is 1.65. The highest BCUT2D eigenvalue weighted by atomic mass is 16.1. The van der Waals surface area contributed by atoms with Gasteiger partial charge in [0, 0.05) is 12.8 Å². The molecule has 1 rings (SSSR count). The van der Waals surface area contributed by atoms with Gasteiger partial charge in [-0.15, -0.1) is 0 Å².